The molecule has 0 radical (unpaired) electrons. The predicted molar refractivity (Wildman–Crippen MR) is 145 cm³/mol. The Morgan fingerprint density at radius 1 is 1.05 bits per heavy atom. The molecule has 2 spiro atoms. The molecule has 1 aliphatic carbocycles. The van der Waals surface area contributed by atoms with Crippen molar-refractivity contribution in [1.82, 2.24) is 21.3 Å². The molecule has 0 aromatic rings. The number of amides is 1. The molecule has 4 rings (SSSR count). The van der Waals surface area contributed by atoms with Gasteiger partial charge in [0.25, 0.3) is 0 Å². The molecule has 5 N–H and O–H groups in total. The summed E-state index contributed by atoms with van der Waals surface area (Å²) in [5.74, 6) is 0. The van der Waals surface area contributed by atoms with Gasteiger partial charge in [0, 0.05) is 11.5 Å². The second-order valence-corrected chi connectivity index (χ2v) is 13.7. The summed E-state index contributed by atoms with van der Waals surface area (Å²) >= 11 is 0. The number of piperidine rings is 2. The van der Waals surface area contributed by atoms with E-state index in [1.807, 2.05) is 41.5 Å². The van der Waals surface area contributed by atoms with Crippen molar-refractivity contribution >= 4 is 6.09 Å². The zero-order valence-electron chi connectivity index (χ0n) is 24.4. The second kappa shape index (κ2) is 11.8. The molecule has 5 atom stereocenters. The standard InChI is InChI=1S/C28H52N4O6/c1-19-22(28(18-35-19)9-13-30-14-10-28)32-24(34)38-26(5,6)17-36-20-15-21(31-23(33)37-25(2,3)4)27(16-20)7-11-29-12-8-27/h19-23,29-31,33H,7-18H2,1-6H3,(H,32,34)/t19-,20+,21-,22-,23?/m1/s1. The van der Waals surface area contributed by atoms with E-state index in [0.717, 1.165) is 64.7 Å². The minimum atomic E-state index is -1.03. The van der Waals surface area contributed by atoms with Gasteiger partial charge in [-0.25, -0.2) is 4.79 Å². The molecule has 0 aromatic carbocycles. The molecular formula is C28H52N4O6. The van der Waals surface area contributed by atoms with Crippen LogP contribution in [0.3, 0.4) is 0 Å². The maximum Gasteiger partial charge on any atom is 0.408 e. The number of aliphatic hydroxyl groups excluding tert-OH is 1. The molecule has 3 aliphatic heterocycles. The number of nitrogens with one attached hydrogen (secondary N) is 4. The van der Waals surface area contributed by atoms with Gasteiger partial charge in [-0.15, -0.1) is 0 Å². The minimum Gasteiger partial charge on any atom is -0.441 e. The Bertz CT molecular complexity index is 785. The Morgan fingerprint density at radius 2 is 1.66 bits per heavy atom. The third kappa shape index (κ3) is 7.38. The van der Waals surface area contributed by atoms with Crippen molar-refractivity contribution < 1.29 is 28.8 Å². The third-order valence-electron chi connectivity index (χ3n) is 8.95. The van der Waals surface area contributed by atoms with Gasteiger partial charge >= 0.3 is 6.09 Å². The predicted octanol–water partition coefficient (Wildman–Crippen LogP) is 2.25. The van der Waals surface area contributed by atoms with E-state index in [0.29, 0.717) is 13.2 Å². The Kier molecular flexibility index (Phi) is 9.34. The molecule has 10 nitrogen and oxygen atoms in total. The molecule has 0 aromatic heterocycles. The molecule has 4 aliphatic rings. The largest absolute Gasteiger partial charge is 0.441 e. The molecule has 10 heteroatoms. The highest BCUT2D eigenvalue weighted by Gasteiger charge is 2.51. The number of carbonyl (C=O) groups excluding carboxylic acids is 1. The molecule has 3 saturated heterocycles. The van der Waals surface area contributed by atoms with E-state index in [1.165, 1.54) is 0 Å². The van der Waals surface area contributed by atoms with Crippen LogP contribution < -0.4 is 21.3 Å². The molecule has 1 saturated carbocycles. The van der Waals surface area contributed by atoms with Gasteiger partial charge in [0.15, 0.2) is 0 Å². The van der Waals surface area contributed by atoms with E-state index in [2.05, 4.69) is 21.3 Å². The van der Waals surface area contributed by atoms with Gasteiger partial charge in [-0.3, -0.25) is 5.32 Å². The molecule has 1 unspecified atom stereocenters. The fourth-order valence-electron chi connectivity index (χ4n) is 6.97. The van der Waals surface area contributed by atoms with Crippen molar-refractivity contribution in [2.75, 3.05) is 39.4 Å². The van der Waals surface area contributed by atoms with Crippen molar-refractivity contribution in [1.29, 1.82) is 0 Å². The summed E-state index contributed by atoms with van der Waals surface area (Å²) < 4.78 is 24.0. The molecule has 38 heavy (non-hydrogen) atoms. The summed E-state index contributed by atoms with van der Waals surface area (Å²) in [6.07, 6.45) is 4.23. The van der Waals surface area contributed by atoms with Crippen LogP contribution >= 0.6 is 0 Å². The number of hydrogen-bond acceptors (Lipinski definition) is 9. The van der Waals surface area contributed by atoms with Crippen LogP contribution in [0.2, 0.25) is 0 Å². The van der Waals surface area contributed by atoms with E-state index in [4.69, 9.17) is 18.9 Å². The molecule has 1 amide bonds. The van der Waals surface area contributed by atoms with E-state index < -0.39 is 23.7 Å². The normalized spacial score (nSPS) is 32.0. The summed E-state index contributed by atoms with van der Waals surface area (Å²) in [6.45, 7) is 16.4. The first-order chi connectivity index (χ1) is 17.8. The quantitative estimate of drug-likeness (QED) is 0.295. The van der Waals surface area contributed by atoms with Gasteiger partial charge < -0.3 is 40.0 Å². The summed E-state index contributed by atoms with van der Waals surface area (Å²) in [6, 6.07) is 0.0290. The van der Waals surface area contributed by atoms with Crippen molar-refractivity contribution in [3.8, 4) is 0 Å². The first-order valence-corrected chi connectivity index (χ1v) is 14.6. The highest BCUT2D eigenvalue weighted by Crippen LogP contribution is 2.47. The van der Waals surface area contributed by atoms with E-state index >= 15 is 0 Å². The fourth-order valence-corrected chi connectivity index (χ4v) is 6.97. The van der Waals surface area contributed by atoms with E-state index in [-0.39, 0.29) is 35.1 Å². The zero-order valence-corrected chi connectivity index (χ0v) is 24.4. The zero-order chi connectivity index (χ0) is 27.6. The number of alkyl carbamates (subject to hydrolysis) is 1. The van der Waals surface area contributed by atoms with Crippen molar-refractivity contribution in [2.24, 2.45) is 10.8 Å². The Balaban J connectivity index is 1.30. The maximum absolute atomic E-state index is 13.0. The Labute approximate surface area is 228 Å². The number of aliphatic hydroxyl groups is 1. The average molecular weight is 541 g/mol. The van der Waals surface area contributed by atoms with Crippen LogP contribution in [0.5, 0.6) is 0 Å². The number of ether oxygens (including phenoxy) is 4. The average Bonchev–Trinajstić information content (AvgIpc) is 3.29. The lowest BCUT2D eigenvalue weighted by atomic mass is 9.73. The van der Waals surface area contributed by atoms with Crippen LogP contribution in [0.1, 0.15) is 80.1 Å². The van der Waals surface area contributed by atoms with Gasteiger partial charge in [-0.2, -0.15) is 0 Å². The smallest absolute Gasteiger partial charge is 0.408 e. The van der Waals surface area contributed by atoms with Crippen molar-refractivity contribution in [3.05, 3.63) is 0 Å². The Hall–Kier alpha value is -1.01. The highest BCUT2D eigenvalue weighted by molar-refractivity contribution is 5.68. The van der Waals surface area contributed by atoms with Crippen LogP contribution in [0.25, 0.3) is 0 Å². The van der Waals surface area contributed by atoms with Crippen LogP contribution in [0.4, 0.5) is 4.79 Å². The van der Waals surface area contributed by atoms with Crippen LogP contribution in [-0.4, -0.2) is 92.5 Å². The first-order valence-electron chi connectivity index (χ1n) is 14.6. The molecule has 4 fully saturated rings. The number of hydrogen-bond donors (Lipinski definition) is 5. The second-order valence-electron chi connectivity index (χ2n) is 13.7. The summed E-state index contributed by atoms with van der Waals surface area (Å²) in [5, 5.41) is 23.9. The SMILES string of the molecule is C[C@H]1OCC2(CCNCC2)[C@@H]1NC(=O)OC(C)(C)CO[C@H]1C[C@@H](NC(O)OC(C)(C)C)C2(CCNCC2)C1. The summed E-state index contributed by atoms with van der Waals surface area (Å²) in [7, 11) is 0. The minimum absolute atomic E-state index is 0.0136. The molecule has 220 valence electrons. The lowest BCUT2D eigenvalue weighted by Gasteiger charge is -2.41. The lowest BCUT2D eigenvalue weighted by molar-refractivity contribution is -0.189. The van der Waals surface area contributed by atoms with E-state index in [9.17, 15) is 9.90 Å². The van der Waals surface area contributed by atoms with Crippen molar-refractivity contribution in [2.45, 2.75) is 122 Å². The topological polar surface area (TPSA) is 122 Å². The molecule has 0 bridgehead atoms. The summed E-state index contributed by atoms with van der Waals surface area (Å²) in [4.78, 5) is 13.0. The Morgan fingerprint density at radius 3 is 2.26 bits per heavy atom. The van der Waals surface area contributed by atoms with Gasteiger partial charge in [0.05, 0.1) is 37.1 Å². The monoisotopic (exact) mass is 540 g/mol. The van der Waals surface area contributed by atoms with Gasteiger partial charge in [-0.05, 0) is 112 Å². The lowest BCUT2D eigenvalue weighted by Crippen LogP contribution is -2.54. The highest BCUT2D eigenvalue weighted by atomic mass is 16.6. The van der Waals surface area contributed by atoms with Crippen LogP contribution in [0.15, 0.2) is 0 Å². The third-order valence-corrected chi connectivity index (χ3v) is 8.95. The number of rotatable bonds is 8. The maximum atomic E-state index is 13.0. The van der Waals surface area contributed by atoms with Crippen LogP contribution in [-0.2, 0) is 18.9 Å². The fraction of sp³-hybridized carbons (Fsp3) is 0.964. The summed E-state index contributed by atoms with van der Waals surface area (Å²) in [5.41, 5.74) is -1.21. The van der Waals surface area contributed by atoms with Gasteiger partial charge in [0.2, 0.25) is 6.41 Å². The van der Waals surface area contributed by atoms with Crippen molar-refractivity contribution in [3.63, 3.8) is 0 Å². The number of carbonyl (C=O) groups is 1. The van der Waals surface area contributed by atoms with Gasteiger partial charge in [0.1, 0.15) is 5.60 Å². The van der Waals surface area contributed by atoms with E-state index in [1.54, 1.807) is 0 Å². The molecular weight excluding hydrogens is 488 g/mol. The van der Waals surface area contributed by atoms with Gasteiger partial charge in [-0.1, -0.05) is 0 Å². The molecule has 3 heterocycles. The first kappa shape index (κ1) is 30.0. The van der Waals surface area contributed by atoms with Crippen LogP contribution in [0, 0.1) is 10.8 Å².